The Morgan fingerprint density at radius 2 is 1.78 bits per heavy atom. The highest BCUT2D eigenvalue weighted by molar-refractivity contribution is 5.38. The second-order valence-electron chi connectivity index (χ2n) is 11.4. The highest BCUT2D eigenvalue weighted by atomic mass is 16.3. The fourth-order valence-corrected chi connectivity index (χ4v) is 7.49. The van der Waals surface area contributed by atoms with E-state index >= 15 is 0 Å². The van der Waals surface area contributed by atoms with Crippen LogP contribution in [0.25, 0.3) is 0 Å². The Morgan fingerprint density at radius 1 is 1.03 bits per heavy atom. The third-order valence-corrected chi connectivity index (χ3v) is 9.43. The summed E-state index contributed by atoms with van der Waals surface area (Å²) in [6.45, 7) is 8.92. The van der Waals surface area contributed by atoms with E-state index in [2.05, 4.69) is 44.7 Å². The molecule has 4 fully saturated rings. The van der Waals surface area contributed by atoms with Gasteiger partial charge in [0.2, 0.25) is 0 Å². The lowest BCUT2D eigenvalue weighted by molar-refractivity contribution is 0.0862. The maximum Gasteiger partial charge on any atom is 0.0811 e. The first-order chi connectivity index (χ1) is 15.3. The van der Waals surface area contributed by atoms with E-state index in [1.165, 1.54) is 51.4 Å². The standard InChI is InChI=1S/C29H44O3/c1-19(10-15-27(31)22-7-4-5-8-22)25-13-14-26-21(9-6-16-29(25,26)3)11-12-23-17-24(30)18-28(32)20(23)2/h10-12,15,19,22,24-28,30-32H,2,4-9,13-14,16-18H2,1,3H3/t19-,24-,25-,26+,27?,28+,29-/m1/s1. The smallest absolute Gasteiger partial charge is 0.0811 e. The van der Waals surface area contributed by atoms with Gasteiger partial charge in [-0.2, -0.15) is 0 Å². The first-order valence-electron chi connectivity index (χ1n) is 13.1. The van der Waals surface area contributed by atoms with Crippen molar-refractivity contribution >= 4 is 0 Å². The molecular weight excluding hydrogens is 396 g/mol. The van der Waals surface area contributed by atoms with Crippen molar-refractivity contribution < 1.29 is 15.3 Å². The van der Waals surface area contributed by atoms with Gasteiger partial charge in [-0.1, -0.05) is 63.1 Å². The number of rotatable bonds is 5. The molecular formula is C29H44O3. The van der Waals surface area contributed by atoms with Crippen molar-refractivity contribution in [2.75, 3.05) is 0 Å². The molecule has 0 saturated heterocycles. The van der Waals surface area contributed by atoms with Gasteiger partial charge < -0.3 is 15.3 Å². The molecule has 4 saturated carbocycles. The zero-order valence-corrected chi connectivity index (χ0v) is 20.2. The van der Waals surface area contributed by atoms with Gasteiger partial charge in [-0.25, -0.2) is 0 Å². The van der Waals surface area contributed by atoms with Crippen molar-refractivity contribution in [3.8, 4) is 0 Å². The molecule has 178 valence electrons. The molecule has 3 heteroatoms. The average molecular weight is 441 g/mol. The molecule has 4 rings (SSSR count). The Labute approximate surface area is 195 Å². The summed E-state index contributed by atoms with van der Waals surface area (Å²) in [5.74, 6) is 2.22. The molecule has 32 heavy (non-hydrogen) atoms. The Bertz CT molecular complexity index is 771. The molecule has 4 aliphatic carbocycles. The second-order valence-corrected chi connectivity index (χ2v) is 11.4. The number of fused-ring (bicyclic) bond motifs is 1. The molecule has 0 aromatic heterocycles. The summed E-state index contributed by atoms with van der Waals surface area (Å²) in [7, 11) is 0. The zero-order chi connectivity index (χ0) is 22.9. The van der Waals surface area contributed by atoms with Gasteiger partial charge in [0, 0.05) is 6.42 Å². The third-order valence-electron chi connectivity index (χ3n) is 9.43. The van der Waals surface area contributed by atoms with Crippen LogP contribution in [0.15, 0.2) is 47.6 Å². The number of aliphatic hydroxyl groups excluding tert-OH is 3. The van der Waals surface area contributed by atoms with E-state index in [4.69, 9.17) is 0 Å². The molecule has 0 aliphatic heterocycles. The molecule has 0 aromatic carbocycles. The Kier molecular flexibility index (Phi) is 7.49. The highest BCUT2D eigenvalue weighted by Gasteiger charge is 2.50. The predicted octanol–water partition coefficient (Wildman–Crippen LogP) is 5.87. The van der Waals surface area contributed by atoms with Crippen LogP contribution in [0.5, 0.6) is 0 Å². The molecule has 0 amide bonds. The molecule has 0 aromatic rings. The molecule has 3 N–H and O–H groups in total. The van der Waals surface area contributed by atoms with Crippen LogP contribution in [-0.4, -0.2) is 33.6 Å². The van der Waals surface area contributed by atoms with E-state index in [0.29, 0.717) is 41.9 Å². The minimum Gasteiger partial charge on any atom is -0.393 e. The normalized spacial score (nSPS) is 41.0. The van der Waals surface area contributed by atoms with Crippen molar-refractivity contribution in [2.45, 2.75) is 103 Å². The van der Waals surface area contributed by atoms with Crippen LogP contribution in [0.3, 0.4) is 0 Å². The molecule has 4 aliphatic rings. The summed E-state index contributed by atoms with van der Waals surface area (Å²) in [4.78, 5) is 0. The van der Waals surface area contributed by atoms with Crippen LogP contribution in [0.2, 0.25) is 0 Å². The summed E-state index contributed by atoms with van der Waals surface area (Å²) < 4.78 is 0. The van der Waals surface area contributed by atoms with Crippen molar-refractivity contribution in [1.29, 1.82) is 0 Å². The van der Waals surface area contributed by atoms with Crippen molar-refractivity contribution in [3.63, 3.8) is 0 Å². The first-order valence-corrected chi connectivity index (χ1v) is 13.1. The average Bonchev–Trinajstić information content (AvgIpc) is 3.41. The van der Waals surface area contributed by atoms with Crippen molar-refractivity contribution in [2.24, 2.45) is 29.1 Å². The van der Waals surface area contributed by atoms with E-state index in [9.17, 15) is 15.3 Å². The molecule has 0 spiro atoms. The van der Waals surface area contributed by atoms with Crippen LogP contribution in [0.1, 0.15) is 84.5 Å². The van der Waals surface area contributed by atoms with Crippen LogP contribution in [-0.2, 0) is 0 Å². The van der Waals surface area contributed by atoms with Crippen molar-refractivity contribution in [3.05, 3.63) is 47.6 Å². The van der Waals surface area contributed by atoms with E-state index in [1.807, 2.05) is 0 Å². The predicted molar refractivity (Wildman–Crippen MR) is 131 cm³/mol. The summed E-state index contributed by atoms with van der Waals surface area (Å²) in [6, 6.07) is 0. The van der Waals surface area contributed by atoms with E-state index in [-0.39, 0.29) is 6.10 Å². The fourth-order valence-electron chi connectivity index (χ4n) is 7.49. The van der Waals surface area contributed by atoms with Gasteiger partial charge in [0.05, 0.1) is 18.3 Å². The summed E-state index contributed by atoms with van der Waals surface area (Å²) in [5.41, 5.74) is 3.63. The lowest BCUT2D eigenvalue weighted by atomic mass is 9.61. The van der Waals surface area contributed by atoms with Gasteiger partial charge in [0.15, 0.2) is 0 Å². The minimum absolute atomic E-state index is 0.271. The quantitative estimate of drug-likeness (QED) is 0.469. The summed E-state index contributed by atoms with van der Waals surface area (Å²) in [5, 5.41) is 30.8. The summed E-state index contributed by atoms with van der Waals surface area (Å²) in [6.07, 6.45) is 19.5. The zero-order valence-electron chi connectivity index (χ0n) is 20.2. The van der Waals surface area contributed by atoms with Crippen LogP contribution >= 0.6 is 0 Å². The van der Waals surface area contributed by atoms with E-state index in [1.54, 1.807) is 5.57 Å². The SMILES string of the molecule is C=C1C(=CC=C2CCC[C@]3(C)[C@@H]([C@H](C)C=CC(O)C4CCCC4)CC[C@@H]23)C[C@@H](O)C[C@@H]1O. The number of hydrogen-bond acceptors (Lipinski definition) is 3. The maximum absolute atomic E-state index is 10.6. The molecule has 0 radical (unpaired) electrons. The maximum atomic E-state index is 10.6. The molecule has 7 atom stereocenters. The minimum atomic E-state index is -0.622. The van der Waals surface area contributed by atoms with Crippen LogP contribution < -0.4 is 0 Å². The molecule has 1 unspecified atom stereocenters. The molecule has 3 nitrogen and oxygen atoms in total. The van der Waals surface area contributed by atoms with E-state index < -0.39 is 12.2 Å². The van der Waals surface area contributed by atoms with Gasteiger partial charge in [-0.15, -0.1) is 0 Å². The fraction of sp³-hybridized carbons (Fsp3) is 0.724. The van der Waals surface area contributed by atoms with Crippen molar-refractivity contribution in [1.82, 2.24) is 0 Å². The largest absolute Gasteiger partial charge is 0.393 e. The highest BCUT2D eigenvalue weighted by Crippen LogP contribution is 2.59. The Hall–Kier alpha value is -1.16. The second kappa shape index (κ2) is 9.99. The number of aliphatic hydroxyl groups is 3. The Morgan fingerprint density at radius 3 is 2.53 bits per heavy atom. The summed E-state index contributed by atoms with van der Waals surface area (Å²) >= 11 is 0. The van der Waals surface area contributed by atoms with E-state index in [0.717, 1.165) is 17.6 Å². The monoisotopic (exact) mass is 440 g/mol. The Balaban J connectivity index is 1.46. The van der Waals surface area contributed by atoms with Gasteiger partial charge in [0.1, 0.15) is 0 Å². The van der Waals surface area contributed by atoms with Gasteiger partial charge in [0.25, 0.3) is 0 Å². The lowest BCUT2D eigenvalue weighted by Crippen LogP contribution is -2.35. The van der Waals surface area contributed by atoms with Crippen LogP contribution in [0, 0.1) is 29.1 Å². The van der Waals surface area contributed by atoms with Gasteiger partial charge >= 0.3 is 0 Å². The van der Waals surface area contributed by atoms with Gasteiger partial charge in [-0.3, -0.25) is 0 Å². The molecule has 0 bridgehead atoms. The topological polar surface area (TPSA) is 60.7 Å². The molecule has 0 heterocycles. The van der Waals surface area contributed by atoms with Gasteiger partial charge in [-0.05, 0) is 91.6 Å². The number of hydrogen-bond donors (Lipinski definition) is 3. The number of allylic oxidation sites excluding steroid dienone is 4. The van der Waals surface area contributed by atoms with Crippen LogP contribution in [0.4, 0.5) is 0 Å². The lowest BCUT2D eigenvalue weighted by Gasteiger charge is -2.44. The first kappa shape index (κ1) is 24.0. The third kappa shape index (κ3) is 4.86.